The van der Waals surface area contributed by atoms with Crippen LogP contribution >= 0.6 is 0 Å². The maximum absolute atomic E-state index is 12.5. The first kappa shape index (κ1) is 11.2. The molecular weight excluding hydrogens is 228 g/mol. The zero-order valence-corrected chi connectivity index (χ0v) is 10.1. The quantitative estimate of drug-likeness (QED) is 0.810. The van der Waals surface area contributed by atoms with Crippen LogP contribution in [0.3, 0.4) is 0 Å². The molecule has 1 unspecified atom stereocenters. The molecule has 1 fully saturated rings. The number of nitrogens with zero attached hydrogens (tertiary/aromatic N) is 3. The summed E-state index contributed by atoms with van der Waals surface area (Å²) in [5.74, 6) is 0.0521. The summed E-state index contributed by atoms with van der Waals surface area (Å²) >= 11 is 0. The molecule has 1 atom stereocenters. The number of hydrogen-bond acceptors (Lipinski definition) is 3. The van der Waals surface area contributed by atoms with Crippen LogP contribution in [0.1, 0.15) is 23.2 Å². The number of likely N-dealkylation sites (tertiary alicyclic amines) is 1. The van der Waals surface area contributed by atoms with Crippen molar-refractivity contribution in [2.45, 2.75) is 18.9 Å². The third-order valence-corrected chi connectivity index (χ3v) is 3.43. The maximum atomic E-state index is 12.5. The van der Waals surface area contributed by atoms with E-state index in [-0.39, 0.29) is 11.9 Å². The van der Waals surface area contributed by atoms with Gasteiger partial charge in [0, 0.05) is 25.3 Å². The van der Waals surface area contributed by atoms with Gasteiger partial charge in [-0.2, -0.15) is 0 Å². The van der Waals surface area contributed by atoms with E-state index in [1.165, 1.54) is 0 Å². The van der Waals surface area contributed by atoms with Gasteiger partial charge in [0.2, 0.25) is 0 Å². The first-order valence-corrected chi connectivity index (χ1v) is 6.21. The Morgan fingerprint density at radius 1 is 1.50 bits per heavy atom. The van der Waals surface area contributed by atoms with E-state index in [4.69, 9.17) is 5.73 Å². The van der Waals surface area contributed by atoms with E-state index >= 15 is 0 Å². The standard InChI is InChI=1S/C13H16N4O/c14-10-3-1-5-16(8-10)13(18)11-4-2-6-17-9-15-7-12(11)17/h2,4,6-7,9-10H,1,3,5,8,14H2. The van der Waals surface area contributed by atoms with Crippen LogP contribution < -0.4 is 5.73 Å². The summed E-state index contributed by atoms with van der Waals surface area (Å²) in [4.78, 5) is 18.4. The molecule has 1 saturated heterocycles. The number of pyridine rings is 1. The molecule has 2 N–H and O–H groups in total. The summed E-state index contributed by atoms with van der Waals surface area (Å²) in [6.07, 6.45) is 7.29. The van der Waals surface area contributed by atoms with E-state index < -0.39 is 0 Å². The predicted molar refractivity (Wildman–Crippen MR) is 68.3 cm³/mol. The van der Waals surface area contributed by atoms with Gasteiger partial charge >= 0.3 is 0 Å². The van der Waals surface area contributed by atoms with Crippen LogP contribution in [0.25, 0.3) is 5.52 Å². The molecule has 3 rings (SSSR count). The lowest BCUT2D eigenvalue weighted by molar-refractivity contribution is 0.0710. The van der Waals surface area contributed by atoms with Crippen molar-refractivity contribution in [2.24, 2.45) is 5.73 Å². The van der Waals surface area contributed by atoms with E-state index in [1.54, 1.807) is 12.5 Å². The zero-order valence-electron chi connectivity index (χ0n) is 10.1. The van der Waals surface area contributed by atoms with Gasteiger partial charge in [0.25, 0.3) is 5.91 Å². The highest BCUT2D eigenvalue weighted by atomic mass is 16.2. The molecule has 3 heterocycles. The molecule has 0 aromatic carbocycles. The van der Waals surface area contributed by atoms with E-state index in [1.807, 2.05) is 27.6 Å². The lowest BCUT2D eigenvalue weighted by Crippen LogP contribution is -2.45. The number of piperidine rings is 1. The van der Waals surface area contributed by atoms with Crippen LogP contribution in [-0.4, -0.2) is 39.3 Å². The van der Waals surface area contributed by atoms with Crippen LogP contribution in [-0.2, 0) is 0 Å². The Morgan fingerprint density at radius 3 is 3.22 bits per heavy atom. The molecule has 0 spiro atoms. The third-order valence-electron chi connectivity index (χ3n) is 3.43. The zero-order chi connectivity index (χ0) is 12.5. The smallest absolute Gasteiger partial charge is 0.256 e. The monoisotopic (exact) mass is 244 g/mol. The Kier molecular flexibility index (Phi) is 2.76. The minimum absolute atomic E-state index is 0.0521. The highest BCUT2D eigenvalue weighted by Crippen LogP contribution is 2.16. The molecule has 0 aliphatic carbocycles. The first-order chi connectivity index (χ1) is 8.75. The summed E-state index contributed by atoms with van der Waals surface area (Å²) in [5, 5.41) is 0. The highest BCUT2D eigenvalue weighted by molar-refractivity contribution is 6.00. The van der Waals surface area contributed by atoms with Crippen molar-refractivity contribution in [1.82, 2.24) is 14.3 Å². The lowest BCUT2D eigenvalue weighted by atomic mass is 10.1. The molecule has 94 valence electrons. The molecule has 1 amide bonds. The summed E-state index contributed by atoms with van der Waals surface area (Å²) in [5.41, 5.74) is 7.47. The minimum atomic E-state index is 0.0521. The lowest BCUT2D eigenvalue weighted by Gasteiger charge is -2.30. The molecule has 5 nitrogen and oxygen atoms in total. The fraction of sp³-hybridized carbons (Fsp3) is 0.385. The Morgan fingerprint density at radius 2 is 2.39 bits per heavy atom. The summed E-state index contributed by atoms with van der Waals surface area (Å²) in [6.45, 7) is 1.44. The van der Waals surface area contributed by atoms with E-state index in [2.05, 4.69) is 4.98 Å². The molecule has 1 aliphatic heterocycles. The topological polar surface area (TPSA) is 63.6 Å². The van der Waals surface area contributed by atoms with Gasteiger partial charge in [-0.05, 0) is 25.0 Å². The van der Waals surface area contributed by atoms with Crippen molar-refractivity contribution >= 4 is 11.4 Å². The van der Waals surface area contributed by atoms with Crippen molar-refractivity contribution in [3.8, 4) is 0 Å². The molecular formula is C13H16N4O. The van der Waals surface area contributed by atoms with Gasteiger partial charge in [-0.3, -0.25) is 4.79 Å². The molecule has 0 radical (unpaired) electrons. The number of carbonyl (C=O) groups excluding carboxylic acids is 1. The molecule has 0 bridgehead atoms. The highest BCUT2D eigenvalue weighted by Gasteiger charge is 2.23. The second kappa shape index (κ2) is 4.42. The first-order valence-electron chi connectivity index (χ1n) is 6.21. The van der Waals surface area contributed by atoms with Gasteiger partial charge in [0.15, 0.2) is 0 Å². The maximum Gasteiger partial charge on any atom is 0.256 e. The summed E-state index contributed by atoms with van der Waals surface area (Å²) < 4.78 is 1.86. The SMILES string of the molecule is NC1CCCN(C(=O)c2cccn3cncc23)C1. The number of hydrogen-bond donors (Lipinski definition) is 1. The number of aromatic nitrogens is 2. The van der Waals surface area contributed by atoms with Gasteiger partial charge < -0.3 is 15.0 Å². The van der Waals surface area contributed by atoms with Gasteiger partial charge in [0.1, 0.15) is 0 Å². The molecule has 1 aliphatic rings. The van der Waals surface area contributed by atoms with Gasteiger partial charge in [-0.15, -0.1) is 0 Å². The number of fused-ring (bicyclic) bond motifs is 1. The Bertz CT molecular complexity index is 577. The van der Waals surface area contributed by atoms with Crippen molar-refractivity contribution in [2.75, 3.05) is 13.1 Å². The van der Waals surface area contributed by atoms with Crippen LogP contribution in [0.15, 0.2) is 30.9 Å². The second-order valence-electron chi connectivity index (χ2n) is 4.76. The van der Waals surface area contributed by atoms with E-state index in [0.29, 0.717) is 12.1 Å². The fourth-order valence-corrected chi connectivity index (χ4v) is 2.50. The minimum Gasteiger partial charge on any atom is -0.337 e. The van der Waals surface area contributed by atoms with Crippen LogP contribution in [0.4, 0.5) is 0 Å². The molecule has 0 saturated carbocycles. The number of imidazole rings is 1. The van der Waals surface area contributed by atoms with Crippen LogP contribution in [0.5, 0.6) is 0 Å². The van der Waals surface area contributed by atoms with E-state index in [9.17, 15) is 4.79 Å². The second-order valence-corrected chi connectivity index (χ2v) is 4.76. The van der Waals surface area contributed by atoms with Crippen molar-refractivity contribution in [1.29, 1.82) is 0 Å². The van der Waals surface area contributed by atoms with Crippen molar-refractivity contribution < 1.29 is 4.79 Å². The molecule has 2 aromatic rings. The Balaban J connectivity index is 1.94. The number of carbonyl (C=O) groups is 1. The summed E-state index contributed by atoms with van der Waals surface area (Å²) in [7, 11) is 0. The van der Waals surface area contributed by atoms with Crippen LogP contribution in [0, 0.1) is 0 Å². The molecule has 5 heteroatoms. The molecule has 18 heavy (non-hydrogen) atoms. The van der Waals surface area contributed by atoms with Gasteiger partial charge in [0.05, 0.1) is 23.6 Å². The Hall–Kier alpha value is -1.88. The predicted octanol–water partition coefficient (Wildman–Crippen LogP) is 0.898. The Labute approximate surface area is 105 Å². The number of amides is 1. The van der Waals surface area contributed by atoms with Crippen molar-refractivity contribution in [3.63, 3.8) is 0 Å². The fourth-order valence-electron chi connectivity index (χ4n) is 2.50. The van der Waals surface area contributed by atoms with Gasteiger partial charge in [-0.1, -0.05) is 0 Å². The van der Waals surface area contributed by atoms with Crippen molar-refractivity contribution in [3.05, 3.63) is 36.4 Å². The largest absolute Gasteiger partial charge is 0.337 e. The molecule has 2 aromatic heterocycles. The normalized spacial score (nSPS) is 20.3. The average molecular weight is 244 g/mol. The third kappa shape index (κ3) is 1.86. The number of rotatable bonds is 1. The average Bonchev–Trinajstić information content (AvgIpc) is 2.86. The van der Waals surface area contributed by atoms with Crippen LogP contribution in [0.2, 0.25) is 0 Å². The summed E-state index contributed by atoms with van der Waals surface area (Å²) in [6, 6.07) is 3.82. The van der Waals surface area contributed by atoms with E-state index in [0.717, 1.165) is 24.9 Å². The number of nitrogens with two attached hydrogens (primary N) is 1. The van der Waals surface area contributed by atoms with Gasteiger partial charge in [-0.25, -0.2) is 4.98 Å².